The van der Waals surface area contributed by atoms with Gasteiger partial charge in [-0.25, -0.2) is 0 Å². The van der Waals surface area contributed by atoms with Gasteiger partial charge >= 0.3 is 18.0 Å². The number of hydrogen-bond acceptors (Lipinski definition) is 3. The lowest BCUT2D eigenvalue weighted by Gasteiger charge is -2.16. The van der Waals surface area contributed by atoms with Crippen molar-refractivity contribution >= 4 is 17.5 Å². The van der Waals surface area contributed by atoms with Crippen LogP contribution in [0.2, 0.25) is 0 Å². The van der Waals surface area contributed by atoms with Gasteiger partial charge in [0, 0.05) is 0 Å². The van der Waals surface area contributed by atoms with Crippen LogP contribution in [-0.2, 0) is 15.8 Å². The van der Waals surface area contributed by atoms with E-state index < -0.39 is 35.3 Å². The lowest BCUT2D eigenvalue weighted by molar-refractivity contribution is -0.138. The third-order valence-corrected chi connectivity index (χ3v) is 3.65. The van der Waals surface area contributed by atoms with Gasteiger partial charge in [0.05, 0.1) is 24.4 Å². The zero-order chi connectivity index (χ0) is 19.3. The molecule has 1 atom stereocenters. The zero-order valence-electron chi connectivity index (χ0n) is 14.1. The molecule has 0 aliphatic carbocycles. The fourth-order valence-electron chi connectivity index (χ4n) is 2.26. The van der Waals surface area contributed by atoms with Crippen LogP contribution in [0, 0.1) is 0 Å². The topological polar surface area (TPSA) is 67.4 Å². The molecule has 0 spiro atoms. The van der Waals surface area contributed by atoms with E-state index in [1.165, 1.54) is 19.2 Å². The average Bonchev–Trinajstić information content (AvgIpc) is 2.61. The summed E-state index contributed by atoms with van der Waals surface area (Å²) in [5, 5.41) is 4.44. The third-order valence-electron chi connectivity index (χ3n) is 3.65. The Morgan fingerprint density at radius 1 is 1.00 bits per heavy atom. The van der Waals surface area contributed by atoms with Crippen molar-refractivity contribution in [3.05, 3.63) is 59.7 Å². The first-order chi connectivity index (χ1) is 12.2. The predicted molar refractivity (Wildman–Crippen MR) is 89.6 cm³/mol. The molecule has 0 aliphatic rings. The molecule has 2 amide bonds. The zero-order valence-corrected chi connectivity index (χ0v) is 14.1. The van der Waals surface area contributed by atoms with E-state index in [9.17, 15) is 22.8 Å². The van der Waals surface area contributed by atoms with Gasteiger partial charge in [-0.2, -0.15) is 13.2 Å². The first-order valence-electron chi connectivity index (χ1n) is 7.64. The molecule has 138 valence electrons. The summed E-state index contributed by atoms with van der Waals surface area (Å²) < 4.78 is 43.8. The number of amides is 2. The number of ether oxygens (including phenoxy) is 1. The van der Waals surface area contributed by atoms with Crippen molar-refractivity contribution in [3.8, 4) is 5.75 Å². The summed E-state index contributed by atoms with van der Waals surface area (Å²) in [6.07, 6.45) is -4.64. The van der Waals surface area contributed by atoms with Crippen LogP contribution >= 0.6 is 0 Å². The molecule has 26 heavy (non-hydrogen) atoms. The fourth-order valence-corrected chi connectivity index (χ4v) is 2.26. The number of nitrogens with one attached hydrogen (secondary N) is 2. The van der Waals surface area contributed by atoms with E-state index in [0.29, 0.717) is 11.3 Å². The molecular formula is C18H17F3N2O3. The van der Waals surface area contributed by atoms with Crippen molar-refractivity contribution < 1.29 is 27.5 Å². The maximum Gasteiger partial charge on any atom is 0.418 e. The minimum atomic E-state index is -4.64. The molecule has 8 heteroatoms. The van der Waals surface area contributed by atoms with Gasteiger partial charge in [0.25, 0.3) is 0 Å². The van der Waals surface area contributed by atoms with E-state index in [2.05, 4.69) is 5.32 Å². The second kappa shape index (κ2) is 7.90. The fraction of sp³-hybridized carbons (Fsp3) is 0.222. The van der Waals surface area contributed by atoms with E-state index in [1.54, 1.807) is 31.2 Å². The van der Waals surface area contributed by atoms with Crippen molar-refractivity contribution in [2.75, 3.05) is 12.4 Å². The molecule has 0 aromatic heterocycles. The number of hydrogen-bond donors (Lipinski definition) is 2. The van der Waals surface area contributed by atoms with E-state index in [4.69, 9.17) is 4.74 Å². The maximum atomic E-state index is 12.9. The summed E-state index contributed by atoms with van der Waals surface area (Å²) in [6.45, 7) is 1.65. The van der Waals surface area contributed by atoms with Crippen LogP contribution in [0.25, 0.3) is 0 Å². The molecular weight excluding hydrogens is 349 g/mol. The Morgan fingerprint density at radius 2 is 1.62 bits per heavy atom. The molecule has 2 rings (SSSR count). The van der Waals surface area contributed by atoms with E-state index >= 15 is 0 Å². The van der Waals surface area contributed by atoms with Crippen LogP contribution in [0.3, 0.4) is 0 Å². The highest BCUT2D eigenvalue weighted by atomic mass is 19.4. The number of carbonyl (C=O) groups is 2. The van der Waals surface area contributed by atoms with Gasteiger partial charge in [-0.05, 0) is 36.8 Å². The number of anilines is 1. The number of halogens is 3. The Bertz CT molecular complexity index is 789. The molecule has 0 heterocycles. The van der Waals surface area contributed by atoms with Gasteiger partial charge in [0.2, 0.25) is 0 Å². The lowest BCUT2D eigenvalue weighted by Crippen LogP contribution is -2.37. The van der Waals surface area contributed by atoms with Gasteiger partial charge in [-0.15, -0.1) is 0 Å². The molecule has 0 saturated heterocycles. The highest BCUT2D eigenvalue weighted by Gasteiger charge is 2.34. The Labute approximate surface area is 148 Å². The third kappa shape index (κ3) is 4.75. The number of rotatable bonds is 4. The molecule has 2 aromatic carbocycles. The average molecular weight is 366 g/mol. The van der Waals surface area contributed by atoms with Crippen molar-refractivity contribution in [1.82, 2.24) is 5.32 Å². The summed E-state index contributed by atoms with van der Waals surface area (Å²) >= 11 is 0. The Balaban J connectivity index is 2.05. The number of alkyl halides is 3. The van der Waals surface area contributed by atoms with Gasteiger partial charge < -0.3 is 15.4 Å². The number of benzene rings is 2. The van der Waals surface area contributed by atoms with Gasteiger partial charge in [-0.3, -0.25) is 9.59 Å². The van der Waals surface area contributed by atoms with Gasteiger partial charge in [0.1, 0.15) is 5.75 Å². The Hall–Kier alpha value is -3.03. The molecule has 2 N–H and O–H groups in total. The molecule has 0 fully saturated rings. The van der Waals surface area contributed by atoms with E-state index in [0.717, 1.165) is 12.1 Å². The first kappa shape index (κ1) is 19.3. The highest BCUT2D eigenvalue weighted by molar-refractivity contribution is 6.39. The first-order valence-corrected chi connectivity index (χ1v) is 7.64. The summed E-state index contributed by atoms with van der Waals surface area (Å²) in [4.78, 5) is 23.9. The molecule has 0 saturated carbocycles. The molecule has 5 nitrogen and oxygen atoms in total. The highest BCUT2D eigenvalue weighted by Crippen LogP contribution is 2.34. The monoisotopic (exact) mass is 366 g/mol. The summed E-state index contributed by atoms with van der Waals surface area (Å²) in [6, 6.07) is 10.7. The minimum Gasteiger partial charge on any atom is -0.497 e. The molecule has 1 unspecified atom stereocenters. The van der Waals surface area contributed by atoms with Crippen LogP contribution in [0.4, 0.5) is 18.9 Å². The minimum absolute atomic E-state index is 0.475. The van der Waals surface area contributed by atoms with Crippen molar-refractivity contribution in [3.63, 3.8) is 0 Å². The van der Waals surface area contributed by atoms with Crippen LogP contribution in [0.15, 0.2) is 48.5 Å². The van der Waals surface area contributed by atoms with Crippen molar-refractivity contribution in [2.24, 2.45) is 0 Å². The van der Waals surface area contributed by atoms with Crippen molar-refractivity contribution in [2.45, 2.75) is 19.1 Å². The maximum absolute atomic E-state index is 12.9. The standard InChI is InChI=1S/C18H17F3N2O3/c1-11(12-7-9-13(26-2)10-8-12)22-16(24)17(25)23-15-6-4-3-5-14(15)18(19,20)21/h3-11H,1-2H3,(H,22,24)(H,23,25). The van der Waals surface area contributed by atoms with Gasteiger partial charge in [-0.1, -0.05) is 24.3 Å². The smallest absolute Gasteiger partial charge is 0.418 e. The number of carbonyl (C=O) groups excluding carboxylic acids is 2. The van der Waals surface area contributed by atoms with Crippen LogP contribution in [0.5, 0.6) is 5.75 Å². The molecule has 0 aliphatic heterocycles. The van der Waals surface area contributed by atoms with E-state index in [1.807, 2.05) is 5.32 Å². The second-order valence-corrected chi connectivity index (χ2v) is 5.47. The van der Waals surface area contributed by atoms with Crippen LogP contribution in [-0.4, -0.2) is 18.9 Å². The van der Waals surface area contributed by atoms with Gasteiger partial charge in [0.15, 0.2) is 0 Å². The molecule has 0 bridgehead atoms. The summed E-state index contributed by atoms with van der Waals surface area (Å²) in [5.74, 6) is -1.58. The number of methoxy groups -OCH3 is 1. The van der Waals surface area contributed by atoms with Crippen LogP contribution < -0.4 is 15.4 Å². The predicted octanol–water partition coefficient (Wildman–Crippen LogP) is 3.53. The molecule has 2 aromatic rings. The SMILES string of the molecule is COc1ccc(C(C)NC(=O)C(=O)Nc2ccccc2C(F)(F)F)cc1. The Kier molecular flexibility index (Phi) is 5.86. The summed E-state index contributed by atoms with van der Waals surface area (Å²) in [5.41, 5.74) is -0.788. The lowest BCUT2D eigenvalue weighted by atomic mass is 10.1. The normalized spacial score (nSPS) is 12.2. The van der Waals surface area contributed by atoms with E-state index in [-0.39, 0.29) is 0 Å². The largest absolute Gasteiger partial charge is 0.497 e. The quantitative estimate of drug-likeness (QED) is 0.814. The molecule has 0 radical (unpaired) electrons. The second-order valence-electron chi connectivity index (χ2n) is 5.47. The summed E-state index contributed by atoms with van der Waals surface area (Å²) in [7, 11) is 1.52. The van der Waals surface area contributed by atoms with Crippen LogP contribution in [0.1, 0.15) is 24.1 Å². The Morgan fingerprint density at radius 3 is 2.19 bits per heavy atom. The van der Waals surface area contributed by atoms with Crippen molar-refractivity contribution in [1.29, 1.82) is 0 Å². The number of para-hydroxylation sites is 1.